The van der Waals surface area contributed by atoms with Gasteiger partial charge in [0.25, 0.3) is 0 Å². The number of nitrogens with zero attached hydrogens (tertiary/aromatic N) is 1. The standard InChI is InChI=1S/C21H16N2O.Zn/c24-18-14-8-7-13-17(18)21-22-19(15-9-3-1-4-10-15)20(23-21)16-11-5-2-6-12-16;/h1-14,24H,(H,22,23);. The van der Waals surface area contributed by atoms with Crippen LogP contribution in [0.4, 0.5) is 0 Å². The summed E-state index contributed by atoms with van der Waals surface area (Å²) in [6.45, 7) is 0. The summed E-state index contributed by atoms with van der Waals surface area (Å²) in [6.07, 6.45) is 0. The van der Waals surface area contributed by atoms with E-state index in [4.69, 9.17) is 4.98 Å². The molecular formula is C21H16N2OZn. The molecule has 3 nitrogen and oxygen atoms in total. The van der Waals surface area contributed by atoms with Crippen LogP contribution < -0.4 is 0 Å². The molecule has 0 aliphatic rings. The summed E-state index contributed by atoms with van der Waals surface area (Å²) in [5.74, 6) is 0.872. The van der Waals surface area contributed by atoms with E-state index in [0.29, 0.717) is 11.4 Å². The molecule has 0 fully saturated rings. The van der Waals surface area contributed by atoms with Crippen LogP contribution >= 0.6 is 0 Å². The van der Waals surface area contributed by atoms with Crippen molar-refractivity contribution in [2.24, 2.45) is 0 Å². The van der Waals surface area contributed by atoms with Crippen LogP contribution in [-0.2, 0) is 19.5 Å². The Labute approximate surface area is 159 Å². The summed E-state index contributed by atoms with van der Waals surface area (Å²) < 4.78 is 0. The summed E-state index contributed by atoms with van der Waals surface area (Å²) in [5.41, 5.74) is 4.61. The monoisotopic (exact) mass is 376 g/mol. The van der Waals surface area contributed by atoms with Crippen molar-refractivity contribution in [3.8, 4) is 39.7 Å². The third-order valence-corrected chi connectivity index (χ3v) is 3.97. The molecule has 25 heavy (non-hydrogen) atoms. The van der Waals surface area contributed by atoms with E-state index in [9.17, 15) is 5.11 Å². The maximum atomic E-state index is 10.1. The van der Waals surface area contributed by atoms with Crippen LogP contribution in [0.5, 0.6) is 5.75 Å². The first-order valence-electron chi connectivity index (χ1n) is 7.82. The molecule has 3 aromatic carbocycles. The van der Waals surface area contributed by atoms with Gasteiger partial charge in [0, 0.05) is 30.6 Å². The molecule has 0 spiro atoms. The molecule has 0 saturated heterocycles. The van der Waals surface area contributed by atoms with E-state index in [-0.39, 0.29) is 25.2 Å². The van der Waals surface area contributed by atoms with Gasteiger partial charge in [-0.3, -0.25) is 0 Å². The predicted molar refractivity (Wildman–Crippen MR) is 96.6 cm³/mol. The van der Waals surface area contributed by atoms with E-state index in [0.717, 1.165) is 22.5 Å². The Morgan fingerprint density at radius 2 is 1.24 bits per heavy atom. The topological polar surface area (TPSA) is 48.9 Å². The van der Waals surface area contributed by atoms with Crippen molar-refractivity contribution >= 4 is 0 Å². The second kappa shape index (κ2) is 7.46. The molecule has 2 N–H and O–H groups in total. The zero-order valence-electron chi connectivity index (χ0n) is 13.7. The number of H-pyrrole nitrogens is 1. The Hall–Kier alpha value is -2.71. The molecule has 4 heteroatoms. The maximum Gasteiger partial charge on any atom is 0.142 e. The van der Waals surface area contributed by atoms with Gasteiger partial charge in [-0.15, -0.1) is 0 Å². The number of benzene rings is 3. The first kappa shape index (κ1) is 17.1. The van der Waals surface area contributed by atoms with Gasteiger partial charge >= 0.3 is 0 Å². The van der Waals surface area contributed by atoms with Crippen molar-refractivity contribution < 1.29 is 24.6 Å². The number of para-hydroxylation sites is 1. The minimum atomic E-state index is 0. The molecule has 0 radical (unpaired) electrons. The van der Waals surface area contributed by atoms with Crippen molar-refractivity contribution in [2.45, 2.75) is 0 Å². The van der Waals surface area contributed by atoms with Crippen LogP contribution in [0.1, 0.15) is 0 Å². The molecule has 0 saturated carbocycles. The smallest absolute Gasteiger partial charge is 0.142 e. The second-order valence-electron chi connectivity index (χ2n) is 5.56. The van der Waals surface area contributed by atoms with Gasteiger partial charge in [0.05, 0.1) is 17.0 Å². The van der Waals surface area contributed by atoms with Crippen molar-refractivity contribution in [3.63, 3.8) is 0 Å². The number of rotatable bonds is 3. The van der Waals surface area contributed by atoms with Crippen LogP contribution in [-0.4, -0.2) is 15.1 Å². The third kappa shape index (κ3) is 3.40. The summed E-state index contributed by atoms with van der Waals surface area (Å²) in [7, 11) is 0. The second-order valence-corrected chi connectivity index (χ2v) is 5.56. The summed E-state index contributed by atoms with van der Waals surface area (Å²) >= 11 is 0. The number of aromatic hydroxyl groups is 1. The van der Waals surface area contributed by atoms with E-state index < -0.39 is 0 Å². The Kier molecular flexibility index (Phi) is 5.11. The first-order valence-corrected chi connectivity index (χ1v) is 7.82. The van der Waals surface area contributed by atoms with Crippen molar-refractivity contribution in [1.82, 2.24) is 9.97 Å². The number of nitrogens with one attached hydrogen (secondary N) is 1. The molecule has 0 atom stereocenters. The molecule has 4 rings (SSSR count). The number of hydrogen-bond acceptors (Lipinski definition) is 2. The summed E-state index contributed by atoms with van der Waals surface area (Å²) in [6, 6.07) is 27.4. The SMILES string of the molecule is Oc1ccccc1-c1nc(-c2ccccc2)c(-c2ccccc2)[nH]1.[Zn]. The number of aromatic amines is 1. The van der Waals surface area contributed by atoms with Crippen molar-refractivity contribution in [3.05, 3.63) is 84.9 Å². The van der Waals surface area contributed by atoms with Crippen LogP contribution in [0.25, 0.3) is 33.9 Å². The normalized spacial score (nSPS) is 10.2. The fourth-order valence-electron chi connectivity index (χ4n) is 2.79. The molecule has 0 aliphatic carbocycles. The Morgan fingerprint density at radius 1 is 0.680 bits per heavy atom. The van der Waals surface area contributed by atoms with Gasteiger partial charge < -0.3 is 10.1 Å². The first-order chi connectivity index (χ1) is 11.8. The molecule has 0 aliphatic heterocycles. The fourth-order valence-corrected chi connectivity index (χ4v) is 2.79. The molecular weight excluding hydrogens is 362 g/mol. The van der Waals surface area contributed by atoms with Crippen LogP contribution in [0, 0.1) is 0 Å². The largest absolute Gasteiger partial charge is 0.507 e. The van der Waals surface area contributed by atoms with Crippen LogP contribution in [0.3, 0.4) is 0 Å². The molecule has 1 heterocycles. The summed E-state index contributed by atoms with van der Waals surface area (Å²) in [5, 5.41) is 10.1. The van der Waals surface area contributed by atoms with E-state index in [2.05, 4.69) is 17.1 Å². The van der Waals surface area contributed by atoms with E-state index in [1.807, 2.05) is 60.7 Å². The number of aromatic nitrogens is 2. The molecule has 1 aromatic heterocycles. The fraction of sp³-hybridized carbons (Fsp3) is 0. The minimum Gasteiger partial charge on any atom is -0.507 e. The quantitative estimate of drug-likeness (QED) is 0.487. The average molecular weight is 378 g/mol. The van der Waals surface area contributed by atoms with Crippen molar-refractivity contribution in [2.75, 3.05) is 0 Å². The van der Waals surface area contributed by atoms with E-state index >= 15 is 0 Å². The third-order valence-electron chi connectivity index (χ3n) is 3.97. The molecule has 0 unspecified atom stereocenters. The Bertz CT molecular complexity index is 909. The van der Waals surface area contributed by atoms with Gasteiger partial charge in [0.2, 0.25) is 0 Å². The van der Waals surface area contributed by atoms with E-state index in [1.165, 1.54) is 0 Å². The Morgan fingerprint density at radius 3 is 1.88 bits per heavy atom. The number of phenolic OH excluding ortho intramolecular Hbond substituents is 1. The molecule has 4 aromatic rings. The number of hydrogen-bond donors (Lipinski definition) is 2. The minimum absolute atomic E-state index is 0. The summed E-state index contributed by atoms with van der Waals surface area (Å²) in [4.78, 5) is 8.15. The number of imidazole rings is 1. The van der Waals surface area contributed by atoms with Gasteiger partial charge in [-0.05, 0) is 12.1 Å². The molecule has 0 amide bonds. The zero-order valence-corrected chi connectivity index (χ0v) is 16.7. The molecule has 118 valence electrons. The Balaban J connectivity index is 0.00000182. The zero-order chi connectivity index (χ0) is 16.4. The van der Waals surface area contributed by atoms with Crippen molar-refractivity contribution in [1.29, 1.82) is 0 Å². The van der Waals surface area contributed by atoms with Gasteiger partial charge in [-0.2, -0.15) is 0 Å². The molecule has 0 bridgehead atoms. The van der Waals surface area contributed by atoms with Gasteiger partial charge in [-0.1, -0.05) is 72.8 Å². The number of phenols is 1. The van der Waals surface area contributed by atoms with E-state index in [1.54, 1.807) is 12.1 Å². The van der Waals surface area contributed by atoms with Gasteiger partial charge in [0.15, 0.2) is 0 Å². The predicted octanol–water partition coefficient (Wildman–Crippen LogP) is 5.11. The van der Waals surface area contributed by atoms with Gasteiger partial charge in [-0.25, -0.2) is 4.98 Å². The van der Waals surface area contributed by atoms with Crippen LogP contribution in [0.15, 0.2) is 84.9 Å². The van der Waals surface area contributed by atoms with Gasteiger partial charge in [0.1, 0.15) is 11.6 Å². The maximum absolute atomic E-state index is 10.1. The van der Waals surface area contributed by atoms with Crippen LogP contribution in [0.2, 0.25) is 0 Å². The average Bonchev–Trinajstić information content (AvgIpc) is 3.09.